The van der Waals surface area contributed by atoms with Gasteiger partial charge >= 0.3 is 0 Å². The molecule has 0 saturated carbocycles. The third-order valence-electron chi connectivity index (χ3n) is 3.76. The van der Waals surface area contributed by atoms with Crippen LogP contribution in [0.25, 0.3) is 10.6 Å². The summed E-state index contributed by atoms with van der Waals surface area (Å²) < 4.78 is 1.10. The van der Waals surface area contributed by atoms with E-state index >= 15 is 0 Å². The highest BCUT2D eigenvalue weighted by molar-refractivity contribution is 14.1. The minimum Gasteiger partial charge on any atom is -0.296 e. The van der Waals surface area contributed by atoms with Gasteiger partial charge in [-0.3, -0.25) is 10.1 Å². The second-order valence-corrected chi connectivity index (χ2v) is 8.81. The first-order valence-electron chi connectivity index (χ1n) is 7.85. The highest BCUT2D eigenvalue weighted by atomic mass is 127. The van der Waals surface area contributed by atoms with Crippen molar-refractivity contribution in [1.82, 2.24) is 10.2 Å². The van der Waals surface area contributed by atoms with Gasteiger partial charge < -0.3 is 0 Å². The zero-order chi connectivity index (χ0) is 18.0. The summed E-state index contributed by atoms with van der Waals surface area (Å²) in [4.78, 5) is 12.4. The Hall–Kier alpha value is -1.80. The van der Waals surface area contributed by atoms with Crippen molar-refractivity contribution >= 4 is 45.0 Å². The first-order valence-corrected chi connectivity index (χ1v) is 9.74. The Morgan fingerprint density at radius 3 is 2.36 bits per heavy atom. The van der Waals surface area contributed by atoms with E-state index in [0.29, 0.717) is 10.7 Å². The number of nitrogens with zero attached hydrogens (tertiary/aromatic N) is 2. The van der Waals surface area contributed by atoms with Gasteiger partial charge in [0.25, 0.3) is 5.91 Å². The molecule has 3 rings (SSSR count). The van der Waals surface area contributed by atoms with Gasteiger partial charge in [0, 0.05) is 14.7 Å². The molecule has 0 aliphatic carbocycles. The number of nitrogens with one attached hydrogen (secondary N) is 1. The lowest BCUT2D eigenvalue weighted by Crippen LogP contribution is -2.14. The van der Waals surface area contributed by atoms with Crippen molar-refractivity contribution in [1.29, 1.82) is 0 Å². The van der Waals surface area contributed by atoms with Crippen LogP contribution in [0, 0.1) is 3.57 Å². The molecular formula is C19H18IN3OS. The van der Waals surface area contributed by atoms with E-state index in [4.69, 9.17) is 0 Å². The standard InChI is InChI=1S/C19H18IN3OS/c1-19(2,3)13-10-8-12(9-11-13)16(24)21-18-23-22-17(25-18)14-6-4-5-7-15(14)20/h4-11H,1-3H3,(H,21,23,24). The third kappa shape index (κ3) is 4.24. The number of rotatable bonds is 3. The molecule has 0 spiro atoms. The quantitative estimate of drug-likeness (QED) is 0.533. The lowest BCUT2D eigenvalue weighted by molar-refractivity contribution is 0.102. The predicted molar refractivity (Wildman–Crippen MR) is 111 cm³/mol. The van der Waals surface area contributed by atoms with Crippen molar-refractivity contribution in [3.8, 4) is 10.6 Å². The van der Waals surface area contributed by atoms with Crippen LogP contribution in [-0.2, 0) is 5.41 Å². The van der Waals surface area contributed by atoms with Crippen LogP contribution in [0.15, 0.2) is 48.5 Å². The third-order valence-corrected chi connectivity index (χ3v) is 5.58. The molecule has 6 heteroatoms. The van der Waals surface area contributed by atoms with E-state index in [2.05, 4.69) is 58.9 Å². The Morgan fingerprint density at radius 2 is 1.72 bits per heavy atom. The highest BCUT2D eigenvalue weighted by Crippen LogP contribution is 2.30. The molecule has 0 bridgehead atoms. The molecule has 128 valence electrons. The van der Waals surface area contributed by atoms with Crippen LogP contribution in [-0.4, -0.2) is 16.1 Å². The lowest BCUT2D eigenvalue weighted by atomic mass is 9.87. The Labute approximate surface area is 164 Å². The monoisotopic (exact) mass is 463 g/mol. The zero-order valence-electron chi connectivity index (χ0n) is 14.2. The van der Waals surface area contributed by atoms with E-state index in [1.807, 2.05) is 48.5 Å². The van der Waals surface area contributed by atoms with Crippen molar-refractivity contribution in [2.75, 3.05) is 5.32 Å². The summed E-state index contributed by atoms with van der Waals surface area (Å²) in [6, 6.07) is 15.6. The van der Waals surface area contributed by atoms with E-state index < -0.39 is 0 Å². The first-order chi connectivity index (χ1) is 11.8. The second-order valence-electron chi connectivity index (χ2n) is 6.67. The fourth-order valence-electron chi connectivity index (χ4n) is 2.31. The van der Waals surface area contributed by atoms with Crippen LogP contribution >= 0.6 is 33.9 Å². The molecule has 0 aliphatic heterocycles. The smallest absolute Gasteiger partial charge is 0.257 e. The summed E-state index contributed by atoms with van der Waals surface area (Å²) in [5.41, 5.74) is 2.89. The summed E-state index contributed by atoms with van der Waals surface area (Å²) in [6.07, 6.45) is 0. The molecule has 0 atom stereocenters. The van der Waals surface area contributed by atoms with Crippen molar-refractivity contribution in [2.45, 2.75) is 26.2 Å². The van der Waals surface area contributed by atoms with Gasteiger partial charge in [-0.1, -0.05) is 62.4 Å². The Morgan fingerprint density at radius 1 is 1.04 bits per heavy atom. The first kappa shape index (κ1) is 18.0. The highest BCUT2D eigenvalue weighted by Gasteiger charge is 2.16. The number of halogens is 1. The Balaban J connectivity index is 1.75. The topological polar surface area (TPSA) is 54.9 Å². The molecule has 0 aliphatic rings. The van der Waals surface area contributed by atoms with Crippen LogP contribution in [0.5, 0.6) is 0 Å². The average molecular weight is 463 g/mol. The minimum atomic E-state index is -0.175. The average Bonchev–Trinajstić information content (AvgIpc) is 3.03. The van der Waals surface area contributed by atoms with Crippen molar-refractivity contribution in [3.63, 3.8) is 0 Å². The van der Waals surface area contributed by atoms with Crippen molar-refractivity contribution in [2.24, 2.45) is 0 Å². The number of carbonyl (C=O) groups excluding carboxylic acids is 1. The maximum Gasteiger partial charge on any atom is 0.257 e. The van der Waals surface area contributed by atoms with Crippen LogP contribution in [0.1, 0.15) is 36.7 Å². The van der Waals surface area contributed by atoms with Gasteiger partial charge in [0.15, 0.2) is 5.01 Å². The second kappa shape index (κ2) is 7.21. The molecule has 4 nitrogen and oxygen atoms in total. The zero-order valence-corrected chi connectivity index (χ0v) is 17.2. The van der Waals surface area contributed by atoms with E-state index in [0.717, 1.165) is 14.1 Å². The van der Waals surface area contributed by atoms with Gasteiger partial charge in [0.2, 0.25) is 5.13 Å². The number of benzene rings is 2. The molecule has 2 aromatic carbocycles. The molecular weight excluding hydrogens is 445 g/mol. The largest absolute Gasteiger partial charge is 0.296 e. The Kier molecular flexibility index (Phi) is 5.19. The predicted octanol–water partition coefficient (Wildman–Crippen LogP) is 5.36. The van der Waals surface area contributed by atoms with Gasteiger partial charge in [0.05, 0.1) is 0 Å². The number of carbonyl (C=O) groups is 1. The normalized spacial score (nSPS) is 11.4. The van der Waals surface area contributed by atoms with Crippen LogP contribution in [0.4, 0.5) is 5.13 Å². The number of aromatic nitrogens is 2. The summed E-state index contributed by atoms with van der Waals surface area (Å²) in [7, 11) is 0. The maximum atomic E-state index is 12.4. The van der Waals surface area contributed by atoms with E-state index in [9.17, 15) is 4.79 Å². The summed E-state index contributed by atoms with van der Waals surface area (Å²) >= 11 is 3.64. The number of hydrogen-bond acceptors (Lipinski definition) is 4. The maximum absolute atomic E-state index is 12.4. The molecule has 0 radical (unpaired) electrons. The molecule has 3 aromatic rings. The molecule has 1 heterocycles. The summed E-state index contributed by atoms with van der Waals surface area (Å²) in [5, 5.41) is 12.4. The number of amides is 1. The van der Waals surface area contributed by atoms with E-state index in [1.54, 1.807) is 0 Å². The fraction of sp³-hybridized carbons (Fsp3) is 0.211. The molecule has 0 unspecified atom stereocenters. The van der Waals surface area contributed by atoms with Crippen LogP contribution in [0.2, 0.25) is 0 Å². The van der Waals surface area contributed by atoms with Gasteiger partial charge in [-0.15, -0.1) is 10.2 Å². The van der Waals surface area contributed by atoms with Gasteiger partial charge in [-0.25, -0.2) is 0 Å². The van der Waals surface area contributed by atoms with Crippen LogP contribution in [0.3, 0.4) is 0 Å². The Bertz CT molecular complexity index is 898. The molecule has 1 aromatic heterocycles. The summed E-state index contributed by atoms with van der Waals surface area (Å²) in [6.45, 7) is 6.45. The summed E-state index contributed by atoms with van der Waals surface area (Å²) in [5.74, 6) is -0.175. The molecule has 1 N–H and O–H groups in total. The molecule has 1 amide bonds. The van der Waals surface area contributed by atoms with E-state index in [-0.39, 0.29) is 11.3 Å². The van der Waals surface area contributed by atoms with Gasteiger partial charge in [0.1, 0.15) is 0 Å². The number of hydrogen-bond donors (Lipinski definition) is 1. The minimum absolute atomic E-state index is 0.0654. The number of anilines is 1. The SMILES string of the molecule is CC(C)(C)c1ccc(C(=O)Nc2nnc(-c3ccccc3I)s2)cc1. The lowest BCUT2D eigenvalue weighted by Gasteiger charge is -2.18. The van der Waals surface area contributed by atoms with Gasteiger partial charge in [-0.2, -0.15) is 0 Å². The van der Waals surface area contributed by atoms with E-state index in [1.165, 1.54) is 16.9 Å². The van der Waals surface area contributed by atoms with Crippen molar-refractivity contribution in [3.05, 3.63) is 63.2 Å². The van der Waals surface area contributed by atoms with Crippen LogP contribution < -0.4 is 5.32 Å². The molecule has 0 saturated heterocycles. The van der Waals surface area contributed by atoms with Gasteiger partial charge in [-0.05, 0) is 51.8 Å². The fourth-order valence-corrected chi connectivity index (χ4v) is 3.91. The molecule has 25 heavy (non-hydrogen) atoms. The molecule has 0 fully saturated rings. The van der Waals surface area contributed by atoms with Crippen molar-refractivity contribution < 1.29 is 4.79 Å².